The van der Waals surface area contributed by atoms with Crippen LogP contribution < -0.4 is 10.5 Å². The van der Waals surface area contributed by atoms with Gasteiger partial charge in [0.05, 0.1) is 11.4 Å². The van der Waals surface area contributed by atoms with E-state index in [1.54, 1.807) is 53.4 Å². The first kappa shape index (κ1) is 25.7. The van der Waals surface area contributed by atoms with Gasteiger partial charge in [0, 0.05) is 43.5 Å². The lowest BCUT2D eigenvalue weighted by atomic mass is 10.0. The fraction of sp³-hybridized carbons (Fsp3) is 0.259. The van der Waals surface area contributed by atoms with Gasteiger partial charge < -0.3 is 20.4 Å². The number of amides is 1. The van der Waals surface area contributed by atoms with Crippen LogP contribution in [0.5, 0.6) is 11.5 Å². The number of pyridine rings is 1. The molecule has 188 valence electrons. The van der Waals surface area contributed by atoms with E-state index >= 15 is 0 Å². The molecule has 1 aliphatic heterocycles. The molecule has 2 aromatic heterocycles. The Labute approximate surface area is 214 Å². The number of ether oxygens (including phenoxy) is 1. The second-order valence-corrected chi connectivity index (χ2v) is 9.71. The fourth-order valence-electron chi connectivity index (χ4n) is 4.12. The Morgan fingerprint density at radius 3 is 2.75 bits per heavy atom. The van der Waals surface area contributed by atoms with Crippen molar-refractivity contribution in [2.45, 2.75) is 19.4 Å². The third kappa shape index (κ3) is 5.87. The lowest BCUT2D eigenvalue weighted by Crippen LogP contribution is -2.52. The maximum Gasteiger partial charge on any atom is 0.239 e. The minimum absolute atomic E-state index is 0.102. The van der Waals surface area contributed by atoms with E-state index in [2.05, 4.69) is 27.4 Å². The van der Waals surface area contributed by atoms with Gasteiger partial charge in [0.25, 0.3) is 0 Å². The van der Waals surface area contributed by atoms with Crippen LogP contribution in [0.3, 0.4) is 0 Å². The van der Waals surface area contributed by atoms with Gasteiger partial charge in [-0.1, -0.05) is 31.4 Å². The van der Waals surface area contributed by atoms with Crippen LogP contribution >= 0.6 is 11.9 Å². The van der Waals surface area contributed by atoms with Gasteiger partial charge in [-0.2, -0.15) is 0 Å². The number of nitrogens with zero attached hydrogens (tertiary/aromatic N) is 3. The van der Waals surface area contributed by atoms with E-state index in [1.807, 2.05) is 19.2 Å². The van der Waals surface area contributed by atoms with E-state index in [0.717, 1.165) is 28.9 Å². The molecule has 1 atom stereocenters. The summed E-state index contributed by atoms with van der Waals surface area (Å²) in [5, 5.41) is 0.810. The lowest BCUT2D eigenvalue weighted by Gasteiger charge is -2.35. The van der Waals surface area contributed by atoms with Crippen molar-refractivity contribution in [3.8, 4) is 11.5 Å². The average Bonchev–Trinajstić information content (AvgIpc) is 3.27. The van der Waals surface area contributed by atoms with Crippen LogP contribution in [-0.4, -0.2) is 57.3 Å². The number of fused-ring (bicyclic) bond motifs is 1. The van der Waals surface area contributed by atoms with Crippen molar-refractivity contribution in [2.75, 3.05) is 26.2 Å². The molecule has 3 N–H and O–H groups in total. The minimum Gasteiger partial charge on any atom is -0.453 e. The number of aromatic amines is 1. The van der Waals surface area contributed by atoms with Crippen LogP contribution in [0.15, 0.2) is 73.0 Å². The summed E-state index contributed by atoms with van der Waals surface area (Å²) >= 11 is 1.60. The molecule has 1 aliphatic rings. The van der Waals surface area contributed by atoms with Crippen LogP contribution in [0.25, 0.3) is 11.0 Å². The molecule has 0 unspecified atom stereocenters. The first-order chi connectivity index (χ1) is 17.4. The number of nitrogens with two attached hydrogens (primary N) is 1. The Bertz CT molecular complexity index is 1300. The first-order valence-electron chi connectivity index (χ1n) is 11.7. The lowest BCUT2D eigenvalue weighted by molar-refractivity contribution is -0.133. The quantitative estimate of drug-likeness (QED) is 0.322. The monoisotopic (exact) mass is 507 g/mol. The maximum absolute atomic E-state index is 14.9. The van der Waals surface area contributed by atoms with Crippen molar-refractivity contribution in [1.29, 1.82) is 0 Å². The smallest absolute Gasteiger partial charge is 0.239 e. The summed E-state index contributed by atoms with van der Waals surface area (Å²) in [5.74, 6) is -0.0193. The number of benzene rings is 1. The highest BCUT2D eigenvalue weighted by Crippen LogP contribution is 2.32. The molecular weight excluding hydrogens is 477 g/mol. The van der Waals surface area contributed by atoms with Crippen molar-refractivity contribution in [2.24, 2.45) is 5.73 Å². The minimum atomic E-state index is -0.748. The number of carbonyl (C=O) groups excluding carboxylic acids is 1. The number of halogens is 1. The van der Waals surface area contributed by atoms with E-state index in [4.69, 9.17) is 10.5 Å². The number of nitrogens with one attached hydrogen (secondary N) is 1. The van der Waals surface area contributed by atoms with Crippen LogP contribution in [0.2, 0.25) is 0 Å². The summed E-state index contributed by atoms with van der Waals surface area (Å²) < 4.78 is 22.9. The highest BCUT2D eigenvalue weighted by molar-refractivity contribution is 8.01. The second kappa shape index (κ2) is 11.6. The Balaban J connectivity index is 1.34. The maximum atomic E-state index is 14.9. The molecule has 0 aliphatic carbocycles. The summed E-state index contributed by atoms with van der Waals surface area (Å²) in [6, 6.07) is 5.65. The standard InChI is InChI=1S/C27H30FN5O2S/c1-4-6-20(5-2)36-33-13-11-32(12-14-33)27(34)22(29)16-19-7-8-23(21(28)15-19)35-24-9-10-30-26-25(24)18(3)17-31-26/h4-10,15,17,22H,1-2,11-14,16,29H2,3H3,(H,30,31)/b20-6+/t22-/m0/s1. The summed E-state index contributed by atoms with van der Waals surface area (Å²) in [6.07, 6.45) is 9.10. The predicted octanol–water partition coefficient (Wildman–Crippen LogP) is 4.72. The summed E-state index contributed by atoms with van der Waals surface area (Å²) in [7, 11) is 0. The number of rotatable bonds is 9. The topological polar surface area (TPSA) is 87.5 Å². The van der Waals surface area contributed by atoms with E-state index in [0.29, 0.717) is 30.0 Å². The van der Waals surface area contributed by atoms with Crippen LogP contribution in [0.4, 0.5) is 4.39 Å². The first-order valence-corrected chi connectivity index (χ1v) is 12.5. The molecule has 0 saturated carbocycles. The van der Waals surface area contributed by atoms with Crippen LogP contribution in [-0.2, 0) is 11.2 Å². The Hall–Kier alpha value is -3.40. The predicted molar refractivity (Wildman–Crippen MR) is 143 cm³/mol. The number of aromatic nitrogens is 2. The van der Waals surface area contributed by atoms with E-state index in [1.165, 1.54) is 6.07 Å². The molecule has 0 bridgehead atoms. The largest absolute Gasteiger partial charge is 0.453 e. The number of hydrogen-bond acceptors (Lipinski definition) is 6. The zero-order chi connectivity index (χ0) is 25.7. The zero-order valence-electron chi connectivity index (χ0n) is 20.2. The molecule has 4 rings (SSSR count). The highest BCUT2D eigenvalue weighted by Gasteiger charge is 2.26. The van der Waals surface area contributed by atoms with Crippen molar-refractivity contribution < 1.29 is 13.9 Å². The van der Waals surface area contributed by atoms with E-state index < -0.39 is 11.9 Å². The van der Waals surface area contributed by atoms with Gasteiger partial charge in [-0.25, -0.2) is 13.7 Å². The van der Waals surface area contributed by atoms with Gasteiger partial charge in [-0.05, 0) is 60.7 Å². The number of H-pyrrole nitrogens is 1. The molecule has 9 heteroatoms. The Morgan fingerprint density at radius 1 is 1.28 bits per heavy atom. The van der Waals surface area contributed by atoms with Gasteiger partial charge in [-0.15, -0.1) is 0 Å². The number of piperazine rings is 1. The number of allylic oxidation sites excluding steroid dienone is 3. The summed E-state index contributed by atoms with van der Waals surface area (Å²) in [4.78, 5) is 23.0. The van der Waals surface area contributed by atoms with Gasteiger partial charge in [0.1, 0.15) is 11.4 Å². The molecule has 0 spiro atoms. The third-order valence-electron chi connectivity index (χ3n) is 5.99. The Kier molecular flexibility index (Phi) is 8.25. The summed E-state index contributed by atoms with van der Waals surface area (Å²) in [6.45, 7) is 12.1. The van der Waals surface area contributed by atoms with Gasteiger partial charge in [0.15, 0.2) is 11.6 Å². The molecule has 3 aromatic rings. The fourth-order valence-corrected chi connectivity index (χ4v) is 4.99. The van der Waals surface area contributed by atoms with Crippen molar-refractivity contribution in [1.82, 2.24) is 19.2 Å². The molecule has 3 heterocycles. The Morgan fingerprint density at radius 2 is 2.06 bits per heavy atom. The number of hydrogen-bond donors (Lipinski definition) is 2. The SMILES string of the molecule is C=C/C=C(\C=C)SN1CCN(C(=O)[C@@H](N)Cc2ccc(Oc3ccnc4[nH]cc(C)c34)c(F)c2)CC1. The third-order valence-corrected chi connectivity index (χ3v) is 7.13. The molecule has 1 fully saturated rings. The molecule has 1 amide bonds. The van der Waals surface area contributed by atoms with Crippen LogP contribution in [0, 0.1) is 12.7 Å². The average molecular weight is 508 g/mol. The molecular formula is C27H30FN5O2S. The highest BCUT2D eigenvalue weighted by atomic mass is 32.2. The molecule has 7 nitrogen and oxygen atoms in total. The zero-order valence-corrected chi connectivity index (χ0v) is 21.1. The normalized spacial score (nSPS) is 15.6. The summed E-state index contributed by atoms with van der Waals surface area (Å²) in [5.41, 5.74) is 8.51. The van der Waals surface area contributed by atoms with Gasteiger partial charge in [0.2, 0.25) is 5.91 Å². The molecule has 1 aromatic carbocycles. The van der Waals surface area contributed by atoms with Crippen LogP contribution in [0.1, 0.15) is 11.1 Å². The number of aryl methyl sites for hydroxylation is 1. The molecule has 0 radical (unpaired) electrons. The van der Waals surface area contributed by atoms with Crippen molar-refractivity contribution in [3.05, 3.63) is 89.9 Å². The van der Waals surface area contributed by atoms with Gasteiger partial charge >= 0.3 is 0 Å². The van der Waals surface area contributed by atoms with E-state index in [9.17, 15) is 9.18 Å². The van der Waals surface area contributed by atoms with E-state index in [-0.39, 0.29) is 18.1 Å². The molecule has 36 heavy (non-hydrogen) atoms. The second-order valence-electron chi connectivity index (χ2n) is 8.54. The molecule has 1 saturated heterocycles. The van der Waals surface area contributed by atoms with Crippen molar-refractivity contribution in [3.63, 3.8) is 0 Å². The van der Waals surface area contributed by atoms with Gasteiger partial charge in [-0.3, -0.25) is 4.79 Å². The number of carbonyl (C=O) groups is 1. The van der Waals surface area contributed by atoms with Crippen molar-refractivity contribution >= 4 is 28.9 Å².